The normalized spacial score (nSPS) is 11.2. The summed E-state index contributed by atoms with van der Waals surface area (Å²) in [7, 11) is 0. The molecule has 0 aromatic heterocycles. The fraction of sp³-hybridized carbons (Fsp3) is 0.353. The fourth-order valence-electron chi connectivity index (χ4n) is 2.13. The summed E-state index contributed by atoms with van der Waals surface area (Å²) in [6.45, 7) is 6.36. The number of anilines is 2. The van der Waals surface area contributed by atoms with Crippen molar-refractivity contribution >= 4 is 11.4 Å². The molecule has 0 fully saturated rings. The lowest BCUT2D eigenvalue weighted by atomic mass is 10.1. The molecule has 2 aromatic rings. The van der Waals surface area contributed by atoms with Gasteiger partial charge in [0.25, 0.3) is 10.9 Å². The molecule has 22 heavy (non-hydrogen) atoms. The standard InChI is InChI=1S/C17H19N3O2/c1-17(2,3)20-14-13(15(21)16(14)22)19-9-8-11-4-6-12(10-18)7-5-11/h4-7,19-20H,8-9H2,1-3H3. The van der Waals surface area contributed by atoms with Crippen LogP contribution in [-0.2, 0) is 6.42 Å². The van der Waals surface area contributed by atoms with E-state index in [1.807, 2.05) is 32.9 Å². The maximum absolute atomic E-state index is 11.6. The Labute approximate surface area is 129 Å². The van der Waals surface area contributed by atoms with E-state index in [1.165, 1.54) is 0 Å². The summed E-state index contributed by atoms with van der Waals surface area (Å²) in [5.41, 5.74) is 1.23. The van der Waals surface area contributed by atoms with Crippen LogP contribution in [0.5, 0.6) is 0 Å². The molecule has 0 aliphatic carbocycles. The van der Waals surface area contributed by atoms with Gasteiger partial charge in [-0.15, -0.1) is 0 Å². The second-order valence-electron chi connectivity index (χ2n) is 6.27. The lowest BCUT2D eigenvalue weighted by molar-refractivity contribution is 0.632. The molecule has 0 saturated heterocycles. The molecule has 2 aromatic carbocycles. The summed E-state index contributed by atoms with van der Waals surface area (Å²) in [6, 6.07) is 9.37. The van der Waals surface area contributed by atoms with Crippen LogP contribution in [0.3, 0.4) is 0 Å². The Morgan fingerprint density at radius 1 is 1.05 bits per heavy atom. The molecule has 0 unspecified atom stereocenters. The number of nitriles is 1. The summed E-state index contributed by atoms with van der Waals surface area (Å²) in [6.07, 6.45) is 0.708. The molecule has 0 aliphatic heterocycles. The van der Waals surface area contributed by atoms with E-state index in [4.69, 9.17) is 5.26 Å². The van der Waals surface area contributed by atoms with Crippen molar-refractivity contribution in [1.29, 1.82) is 5.26 Å². The number of nitrogens with zero attached hydrogens (tertiary/aromatic N) is 1. The van der Waals surface area contributed by atoms with Crippen molar-refractivity contribution in [2.75, 3.05) is 17.2 Å². The maximum atomic E-state index is 11.6. The van der Waals surface area contributed by atoms with E-state index >= 15 is 0 Å². The van der Waals surface area contributed by atoms with Crippen molar-refractivity contribution in [3.63, 3.8) is 0 Å². The van der Waals surface area contributed by atoms with Gasteiger partial charge in [0.1, 0.15) is 11.4 Å². The van der Waals surface area contributed by atoms with E-state index in [1.54, 1.807) is 12.1 Å². The van der Waals surface area contributed by atoms with E-state index in [0.29, 0.717) is 29.9 Å². The molecule has 2 N–H and O–H groups in total. The van der Waals surface area contributed by atoms with E-state index in [-0.39, 0.29) is 5.54 Å². The van der Waals surface area contributed by atoms with Crippen LogP contribution in [0, 0.1) is 11.3 Å². The molecular formula is C17H19N3O2. The van der Waals surface area contributed by atoms with Crippen LogP contribution in [-0.4, -0.2) is 12.1 Å². The van der Waals surface area contributed by atoms with Crippen LogP contribution < -0.4 is 21.5 Å². The lowest BCUT2D eigenvalue weighted by Crippen LogP contribution is -2.41. The smallest absolute Gasteiger partial charge is 0.253 e. The topological polar surface area (TPSA) is 82.0 Å². The predicted octanol–water partition coefficient (Wildman–Crippen LogP) is 2.02. The Morgan fingerprint density at radius 3 is 2.18 bits per heavy atom. The zero-order chi connectivity index (χ0) is 16.3. The average molecular weight is 297 g/mol. The van der Waals surface area contributed by atoms with Gasteiger partial charge < -0.3 is 10.6 Å². The second kappa shape index (κ2) is 6.02. The Hall–Kier alpha value is -2.61. The van der Waals surface area contributed by atoms with Crippen LogP contribution >= 0.6 is 0 Å². The Morgan fingerprint density at radius 2 is 1.64 bits per heavy atom. The largest absolute Gasteiger partial charge is 0.380 e. The third kappa shape index (κ3) is 3.53. The van der Waals surface area contributed by atoms with Gasteiger partial charge in [-0.3, -0.25) is 9.59 Å². The summed E-state index contributed by atoms with van der Waals surface area (Å²) in [4.78, 5) is 23.3. The number of rotatable bonds is 5. The van der Waals surface area contributed by atoms with E-state index in [2.05, 4.69) is 16.7 Å². The number of nitrogens with one attached hydrogen (secondary N) is 2. The highest BCUT2D eigenvalue weighted by molar-refractivity contribution is 5.74. The van der Waals surface area contributed by atoms with Gasteiger partial charge in [-0.25, -0.2) is 0 Å². The van der Waals surface area contributed by atoms with Crippen molar-refractivity contribution in [1.82, 2.24) is 0 Å². The SMILES string of the molecule is CC(C)(C)Nc1c(NCCc2ccc(C#N)cc2)c(=O)c1=O. The Balaban J connectivity index is 1.97. The van der Waals surface area contributed by atoms with Gasteiger partial charge in [0.05, 0.1) is 11.6 Å². The maximum Gasteiger partial charge on any atom is 0.253 e. The lowest BCUT2D eigenvalue weighted by Gasteiger charge is -2.24. The number of hydrogen-bond donors (Lipinski definition) is 2. The highest BCUT2D eigenvalue weighted by Crippen LogP contribution is 2.19. The molecule has 5 nitrogen and oxygen atoms in total. The first-order valence-corrected chi connectivity index (χ1v) is 7.16. The minimum Gasteiger partial charge on any atom is -0.380 e. The second-order valence-corrected chi connectivity index (χ2v) is 6.27. The molecule has 5 heteroatoms. The first kappa shape index (κ1) is 15.8. The molecule has 2 rings (SSSR count). The van der Waals surface area contributed by atoms with Gasteiger partial charge in [-0.2, -0.15) is 5.26 Å². The Kier molecular flexibility index (Phi) is 4.32. The molecular weight excluding hydrogens is 278 g/mol. The van der Waals surface area contributed by atoms with Crippen LogP contribution in [0.1, 0.15) is 31.9 Å². The van der Waals surface area contributed by atoms with E-state index in [0.717, 1.165) is 5.56 Å². The predicted molar refractivity (Wildman–Crippen MR) is 88.1 cm³/mol. The van der Waals surface area contributed by atoms with Crippen molar-refractivity contribution in [3.05, 3.63) is 55.8 Å². The summed E-state index contributed by atoms with van der Waals surface area (Å²) in [5, 5.41) is 14.8. The molecule has 0 spiro atoms. The van der Waals surface area contributed by atoms with Gasteiger partial charge in [0.2, 0.25) is 0 Å². The van der Waals surface area contributed by atoms with Crippen LogP contribution in [0.25, 0.3) is 0 Å². The monoisotopic (exact) mass is 297 g/mol. The molecule has 114 valence electrons. The summed E-state index contributed by atoms with van der Waals surface area (Å²) < 4.78 is 0. The van der Waals surface area contributed by atoms with E-state index < -0.39 is 10.9 Å². The van der Waals surface area contributed by atoms with Gasteiger partial charge >= 0.3 is 0 Å². The third-order valence-corrected chi connectivity index (χ3v) is 3.21. The molecule has 0 saturated carbocycles. The van der Waals surface area contributed by atoms with Crippen molar-refractivity contribution in [3.8, 4) is 6.07 Å². The summed E-state index contributed by atoms with van der Waals surface area (Å²) in [5.74, 6) is 0. The average Bonchev–Trinajstić information content (AvgIpc) is 2.49. The summed E-state index contributed by atoms with van der Waals surface area (Å²) >= 11 is 0. The molecule has 0 amide bonds. The zero-order valence-corrected chi connectivity index (χ0v) is 13.0. The van der Waals surface area contributed by atoms with Crippen LogP contribution in [0.2, 0.25) is 0 Å². The highest BCUT2D eigenvalue weighted by Gasteiger charge is 2.24. The Bertz CT molecular complexity index is 770. The highest BCUT2D eigenvalue weighted by atomic mass is 16.2. The first-order valence-electron chi connectivity index (χ1n) is 7.16. The van der Waals surface area contributed by atoms with Gasteiger partial charge in [-0.1, -0.05) is 12.1 Å². The van der Waals surface area contributed by atoms with Gasteiger partial charge in [0, 0.05) is 12.1 Å². The quantitative estimate of drug-likeness (QED) is 0.825. The molecule has 0 radical (unpaired) electrons. The first-order chi connectivity index (χ1) is 10.3. The van der Waals surface area contributed by atoms with Crippen LogP contribution in [0.15, 0.2) is 33.9 Å². The van der Waals surface area contributed by atoms with Crippen molar-refractivity contribution in [2.24, 2.45) is 0 Å². The third-order valence-electron chi connectivity index (χ3n) is 3.21. The minimum absolute atomic E-state index is 0.272. The van der Waals surface area contributed by atoms with Crippen LogP contribution in [0.4, 0.5) is 11.4 Å². The molecule has 0 heterocycles. The number of benzene rings is 1. The molecule has 0 bridgehead atoms. The van der Waals surface area contributed by atoms with Gasteiger partial charge in [0.15, 0.2) is 0 Å². The molecule has 0 aliphatic rings. The van der Waals surface area contributed by atoms with E-state index in [9.17, 15) is 9.59 Å². The van der Waals surface area contributed by atoms with Crippen molar-refractivity contribution < 1.29 is 0 Å². The fourth-order valence-corrected chi connectivity index (χ4v) is 2.13. The zero-order valence-electron chi connectivity index (χ0n) is 13.0. The minimum atomic E-state index is -0.466. The molecule has 0 atom stereocenters. The number of hydrogen-bond acceptors (Lipinski definition) is 5. The van der Waals surface area contributed by atoms with Crippen molar-refractivity contribution in [2.45, 2.75) is 32.7 Å². The van der Waals surface area contributed by atoms with Gasteiger partial charge in [-0.05, 0) is 44.9 Å².